The lowest BCUT2D eigenvalue weighted by atomic mass is 10.1. The number of fused-ring (bicyclic) bond motifs is 1. The summed E-state index contributed by atoms with van der Waals surface area (Å²) in [5.74, 6) is -2.23. The Morgan fingerprint density at radius 3 is 2.45 bits per heavy atom. The Morgan fingerprint density at radius 1 is 1.14 bits per heavy atom. The maximum Gasteiger partial charge on any atom is 0.336 e. The molecule has 2 aromatic rings. The fourth-order valence-corrected chi connectivity index (χ4v) is 2.80. The molecule has 2 amide bonds. The summed E-state index contributed by atoms with van der Waals surface area (Å²) in [4.78, 5) is 46.6. The summed E-state index contributed by atoms with van der Waals surface area (Å²) in [6, 6.07) is 3.72. The first-order valence-electron chi connectivity index (χ1n) is 9.05. The molecule has 0 spiro atoms. The SMILES string of the molecule is Cc1cc(OCC(=O)NCC(=O)N[C@@H](C(=O)O)C(C)C)c2c(C)cc(=O)oc2c1. The van der Waals surface area contributed by atoms with Gasteiger partial charge < -0.3 is 24.9 Å². The smallest absolute Gasteiger partial charge is 0.336 e. The largest absolute Gasteiger partial charge is 0.483 e. The van der Waals surface area contributed by atoms with Gasteiger partial charge in [0.2, 0.25) is 5.91 Å². The molecule has 9 heteroatoms. The zero-order chi connectivity index (χ0) is 21.7. The van der Waals surface area contributed by atoms with Gasteiger partial charge in [-0.05, 0) is 43.0 Å². The second-order valence-electron chi connectivity index (χ2n) is 7.08. The molecule has 1 heterocycles. The lowest BCUT2D eigenvalue weighted by molar-refractivity contribution is -0.143. The first kappa shape index (κ1) is 21.9. The van der Waals surface area contributed by atoms with Crippen LogP contribution < -0.4 is 21.0 Å². The van der Waals surface area contributed by atoms with Crippen LogP contribution in [0, 0.1) is 19.8 Å². The summed E-state index contributed by atoms with van der Waals surface area (Å²) >= 11 is 0. The number of ether oxygens (including phenoxy) is 1. The average Bonchev–Trinajstić information content (AvgIpc) is 2.60. The van der Waals surface area contributed by atoms with Crippen LogP contribution in [0.1, 0.15) is 25.0 Å². The van der Waals surface area contributed by atoms with Crippen molar-refractivity contribution in [3.8, 4) is 5.75 Å². The molecule has 29 heavy (non-hydrogen) atoms. The summed E-state index contributed by atoms with van der Waals surface area (Å²) in [7, 11) is 0. The van der Waals surface area contributed by atoms with Crippen molar-refractivity contribution in [2.75, 3.05) is 13.2 Å². The van der Waals surface area contributed by atoms with Crippen LogP contribution in [-0.4, -0.2) is 42.1 Å². The lowest BCUT2D eigenvalue weighted by Gasteiger charge is -2.18. The first-order chi connectivity index (χ1) is 13.6. The van der Waals surface area contributed by atoms with Crippen molar-refractivity contribution in [1.82, 2.24) is 10.6 Å². The second kappa shape index (κ2) is 9.22. The van der Waals surface area contributed by atoms with Gasteiger partial charge in [-0.25, -0.2) is 9.59 Å². The van der Waals surface area contributed by atoms with Gasteiger partial charge in [0.05, 0.1) is 11.9 Å². The summed E-state index contributed by atoms with van der Waals surface area (Å²) < 4.78 is 10.8. The van der Waals surface area contributed by atoms with E-state index in [2.05, 4.69) is 10.6 Å². The molecule has 1 aromatic carbocycles. The molecular formula is C20H24N2O7. The summed E-state index contributed by atoms with van der Waals surface area (Å²) in [6.07, 6.45) is 0. The zero-order valence-corrected chi connectivity index (χ0v) is 16.7. The second-order valence-corrected chi connectivity index (χ2v) is 7.08. The van der Waals surface area contributed by atoms with Gasteiger partial charge >= 0.3 is 11.6 Å². The summed E-state index contributed by atoms with van der Waals surface area (Å²) in [5, 5.41) is 14.4. The third kappa shape index (κ3) is 5.81. The molecule has 0 aliphatic heterocycles. The average molecular weight is 404 g/mol. The molecule has 0 radical (unpaired) electrons. The Morgan fingerprint density at radius 2 is 1.83 bits per heavy atom. The molecule has 1 aromatic heterocycles. The van der Waals surface area contributed by atoms with Gasteiger partial charge in [-0.3, -0.25) is 9.59 Å². The minimum atomic E-state index is -1.14. The first-order valence-corrected chi connectivity index (χ1v) is 9.05. The highest BCUT2D eigenvalue weighted by atomic mass is 16.5. The molecule has 0 bridgehead atoms. The van der Waals surface area contributed by atoms with E-state index >= 15 is 0 Å². The van der Waals surface area contributed by atoms with Crippen molar-refractivity contribution < 1.29 is 28.6 Å². The molecule has 0 saturated heterocycles. The molecule has 1 atom stereocenters. The Hall–Kier alpha value is -3.36. The van der Waals surface area contributed by atoms with Gasteiger partial charge in [-0.15, -0.1) is 0 Å². The maximum atomic E-state index is 12.0. The van der Waals surface area contributed by atoms with E-state index in [1.165, 1.54) is 6.07 Å². The number of aryl methyl sites for hydroxylation is 2. The predicted octanol–water partition coefficient (Wildman–Crippen LogP) is 1.13. The number of hydrogen-bond acceptors (Lipinski definition) is 6. The highest BCUT2D eigenvalue weighted by Crippen LogP contribution is 2.29. The van der Waals surface area contributed by atoms with Crippen LogP contribution in [-0.2, 0) is 14.4 Å². The van der Waals surface area contributed by atoms with Crippen molar-refractivity contribution in [3.05, 3.63) is 39.7 Å². The topological polar surface area (TPSA) is 135 Å². The lowest BCUT2D eigenvalue weighted by Crippen LogP contribution is -2.48. The van der Waals surface area contributed by atoms with Crippen LogP contribution in [0.5, 0.6) is 5.75 Å². The minimum Gasteiger partial charge on any atom is -0.483 e. The van der Waals surface area contributed by atoms with Gasteiger partial charge in [0.1, 0.15) is 17.4 Å². The van der Waals surface area contributed by atoms with Crippen LogP contribution in [0.25, 0.3) is 11.0 Å². The van der Waals surface area contributed by atoms with E-state index in [0.29, 0.717) is 22.3 Å². The zero-order valence-electron chi connectivity index (χ0n) is 16.7. The fraction of sp³-hybridized carbons (Fsp3) is 0.400. The molecule has 156 valence electrons. The number of carbonyl (C=O) groups is 3. The Labute approximate surface area is 167 Å². The van der Waals surface area contributed by atoms with Crippen molar-refractivity contribution in [3.63, 3.8) is 0 Å². The number of aliphatic carboxylic acids is 1. The quantitative estimate of drug-likeness (QED) is 0.561. The normalized spacial score (nSPS) is 11.9. The van der Waals surface area contributed by atoms with Crippen molar-refractivity contribution in [2.45, 2.75) is 33.7 Å². The van der Waals surface area contributed by atoms with Gasteiger partial charge in [0, 0.05) is 6.07 Å². The number of carboxylic acids is 1. The van der Waals surface area contributed by atoms with Gasteiger partial charge in [0.15, 0.2) is 6.61 Å². The third-order valence-corrected chi connectivity index (χ3v) is 4.20. The van der Waals surface area contributed by atoms with E-state index in [0.717, 1.165) is 5.56 Å². The minimum absolute atomic E-state index is 0.298. The molecule has 2 rings (SSSR count). The summed E-state index contributed by atoms with van der Waals surface area (Å²) in [5.41, 5.74) is 1.32. The molecule has 0 fully saturated rings. The van der Waals surface area contributed by atoms with E-state index in [4.69, 9.17) is 14.3 Å². The molecule has 3 N–H and O–H groups in total. The number of rotatable bonds is 8. The van der Waals surface area contributed by atoms with Crippen LogP contribution in [0.4, 0.5) is 0 Å². The van der Waals surface area contributed by atoms with E-state index in [-0.39, 0.29) is 19.1 Å². The van der Waals surface area contributed by atoms with E-state index in [1.54, 1.807) is 39.8 Å². The van der Waals surface area contributed by atoms with Gasteiger partial charge in [-0.1, -0.05) is 13.8 Å². The molecule has 0 aliphatic rings. The van der Waals surface area contributed by atoms with Crippen molar-refractivity contribution >= 4 is 28.8 Å². The maximum absolute atomic E-state index is 12.0. The van der Waals surface area contributed by atoms with Crippen LogP contribution in [0.15, 0.2) is 27.4 Å². The van der Waals surface area contributed by atoms with E-state index in [9.17, 15) is 19.2 Å². The number of amides is 2. The number of hydrogen-bond donors (Lipinski definition) is 3. The molecule has 9 nitrogen and oxygen atoms in total. The highest BCUT2D eigenvalue weighted by molar-refractivity contribution is 5.89. The number of benzene rings is 1. The third-order valence-electron chi connectivity index (χ3n) is 4.20. The highest BCUT2D eigenvalue weighted by Gasteiger charge is 2.23. The van der Waals surface area contributed by atoms with Gasteiger partial charge in [0.25, 0.3) is 5.91 Å². The molecule has 0 aliphatic carbocycles. The van der Waals surface area contributed by atoms with E-state index < -0.39 is 29.5 Å². The van der Waals surface area contributed by atoms with Gasteiger partial charge in [-0.2, -0.15) is 0 Å². The van der Waals surface area contributed by atoms with Crippen LogP contribution >= 0.6 is 0 Å². The summed E-state index contributed by atoms with van der Waals surface area (Å²) in [6.45, 7) is 6.13. The number of carbonyl (C=O) groups excluding carboxylic acids is 2. The monoisotopic (exact) mass is 404 g/mol. The number of nitrogens with one attached hydrogen (secondary N) is 2. The van der Waals surface area contributed by atoms with Crippen molar-refractivity contribution in [1.29, 1.82) is 0 Å². The molecule has 0 unspecified atom stereocenters. The Kier molecular flexibility index (Phi) is 6.98. The fourth-order valence-electron chi connectivity index (χ4n) is 2.80. The van der Waals surface area contributed by atoms with Crippen LogP contribution in [0.2, 0.25) is 0 Å². The predicted molar refractivity (Wildman–Crippen MR) is 105 cm³/mol. The van der Waals surface area contributed by atoms with Crippen LogP contribution in [0.3, 0.4) is 0 Å². The Balaban J connectivity index is 1.99. The molecular weight excluding hydrogens is 380 g/mol. The number of carboxylic acid groups (broad SMARTS) is 1. The van der Waals surface area contributed by atoms with Crippen molar-refractivity contribution in [2.24, 2.45) is 5.92 Å². The standard InChI is InChI=1S/C20H24N2O7/c1-10(2)19(20(26)27)22-15(23)8-21-16(24)9-28-13-5-11(3)6-14-18(13)12(4)7-17(25)29-14/h5-7,10,19H,8-9H2,1-4H3,(H,21,24)(H,22,23)(H,26,27)/t19-/m1/s1. The molecule has 0 saturated carbocycles. The Bertz CT molecular complexity index is 994. The van der Waals surface area contributed by atoms with E-state index in [1.807, 2.05) is 0 Å².